The molecule has 1 aromatic carbocycles. The molecule has 2 saturated heterocycles. The van der Waals surface area contributed by atoms with Crippen molar-refractivity contribution in [2.75, 3.05) is 11.9 Å². The van der Waals surface area contributed by atoms with Crippen LogP contribution < -0.4 is 10.2 Å². The molecule has 0 aliphatic carbocycles. The van der Waals surface area contributed by atoms with E-state index in [-0.39, 0.29) is 17.3 Å². The summed E-state index contributed by atoms with van der Waals surface area (Å²) < 4.78 is 17.3. The average molecular weight is 438 g/mol. The third-order valence-corrected chi connectivity index (χ3v) is 7.04. The number of aromatic hydroxyl groups is 1. The number of anilines is 1. The molecule has 5 rings (SSSR count). The summed E-state index contributed by atoms with van der Waals surface area (Å²) in [6, 6.07) is 4.94. The molecule has 2 N–H and O–H groups in total. The fraction of sp³-hybridized carbons (Fsp3) is 0.478. The number of imidazole rings is 1. The summed E-state index contributed by atoms with van der Waals surface area (Å²) in [4.78, 5) is 10.3. The highest BCUT2D eigenvalue weighted by atomic mass is 19.1. The number of nitrogens with one attached hydrogen (secondary N) is 1. The summed E-state index contributed by atoms with van der Waals surface area (Å²) in [6.07, 6.45) is 9.24. The monoisotopic (exact) mass is 437 g/mol. The second-order valence-electron chi connectivity index (χ2n) is 9.56. The minimum absolute atomic E-state index is 0.0734. The zero-order valence-corrected chi connectivity index (χ0v) is 18.5. The summed E-state index contributed by atoms with van der Waals surface area (Å²) in [7, 11) is 1.83. The zero-order valence-electron chi connectivity index (χ0n) is 18.5. The van der Waals surface area contributed by atoms with Gasteiger partial charge in [-0.15, -0.1) is 10.2 Å². The fourth-order valence-electron chi connectivity index (χ4n) is 5.35. The third kappa shape index (κ3) is 3.50. The van der Waals surface area contributed by atoms with Crippen LogP contribution in [0.2, 0.25) is 0 Å². The Balaban J connectivity index is 1.38. The summed E-state index contributed by atoms with van der Waals surface area (Å²) in [6.45, 7) is 4.16. The molecule has 32 heavy (non-hydrogen) atoms. The molecule has 9 heteroatoms. The van der Waals surface area contributed by atoms with Gasteiger partial charge < -0.3 is 19.9 Å². The first kappa shape index (κ1) is 20.8. The van der Waals surface area contributed by atoms with Crippen molar-refractivity contribution in [1.29, 1.82) is 0 Å². The molecule has 0 radical (unpaired) electrons. The van der Waals surface area contributed by atoms with Crippen LogP contribution in [0.1, 0.15) is 39.5 Å². The van der Waals surface area contributed by atoms with Crippen LogP contribution in [0.4, 0.5) is 10.3 Å². The van der Waals surface area contributed by atoms with Crippen LogP contribution in [0.25, 0.3) is 16.9 Å². The van der Waals surface area contributed by atoms with E-state index in [9.17, 15) is 5.11 Å². The number of alkyl halides is 1. The van der Waals surface area contributed by atoms with Crippen molar-refractivity contribution in [3.05, 3.63) is 43.1 Å². The SMILES string of the molecule is CN(c1ncc(-c2ccc(-n3ccnc3)cc2O)nn1)[C@H]1C[C@]2(C)CCC[C@@](C)(N2)[C@H]1F. The van der Waals surface area contributed by atoms with Crippen LogP contribution in [0.3, 0.4) is 0 Å². The Morgan fingerprint density at radius 3 is 2.78 bits per heavy atom. The number of hydrogen-bond acceptors (Lipinski definition) is 7. The lowest BCUT2D eigenvalue weighted by molar-refractivity contribution is 0.00178. The van der Waals surface area contributed by atoms with Gasteiger partial charge in [-0.05, 0) is 51.7 Å². The normalized spacial score (nSPS) is 29.6. The highest BCUT2D eigenvalue weighted by Crippen LogP contribution is 2.43. The quantitative estimate of drug-likeness (QED) is 0.647. The molecule has 2 aromatic heterocycles. The Morgan fingerprint density at radius 2 is 2.09 bits per heavy atom. The Bertz CT molecular complexity index is 1110. The molecule has 2 aliphatic heterocycles. The minimum atomic E-state index is -1.04. The number of fused-ring (bicyclic) bond motifs is 2. The maximum atomic E-state index is 15.5. The molecule has 2 aliphatic rings. The first-order chi connectivity index (χ1) is 15.3. The number of rotatable bonds is 4. The predicted octanol–water partition coefficient (Wildman–Crippen LogP) is 3.27. The van der Waals surface area contributed by atoms with Crippen LogP contribution in [0.5, 0.6) is 5.75 Å². The molecule has 4 atom stereocenters. The number of hydrogen-bond donors (Lipinski definition) is 2. The zero-order chi connectivity index (χ0) is 22.5. The molecule has 4 heterocycles. The molecule has 0 unspecified atom stereocenters. The summed E-state index contributed by atoms with van der Waals surface area (Å²) in [5.41, 5.74) is 1.14. The number of halogens is 1. The molecule has 0 saturated carbocycles. The molecule has 2 fully saturated rings. The van der Waals surface area contributed by atoms with E-state index in [1.165, 1.54) is 0 Å². The molecule has 3 aromatic rings. The Kier molecular flexibility index (Phi) is 4.88. The van der Waals surface area contributed by atoms with Crippen molar-refractivity contribution in [2.24, 2.45) is 0 Å². The smallest absolute Gasteiger partial charge is 0.245 e. The number of phenolic OH excluding ortho intramolecular Hbond substituents is 1. The van der Waals surface area contributed by atoms with E-state index in [2.05, 4.69) is 32.4 Å². The van der Waals surface area contributed by atoms with Gasteiger partial charge in [0.15, 0.2) is 0 Å². The second kappa shape index (κ2) is 7.51. The van der Waals surface area contributed by atoms with Gasteiger partial charge >= 0.3 is 0 Å². The number of nitrogens with zero attached hydrogens (tertiary/aromatic N) is 6. The maximum Gasteiger partial charge on any atom is 0.245 e. The van der Waals surface area contributed by atoms with Crippen LogP contribution in [0.15, 0.2) is 43.1 Å². The Morgan fingerprint density at radius 1 is 1.25 bits per heavy atom. The van der Waals surface area contributed by atoms with Crippen molar-refractivity contribution >= 4 is 5.95 Å². The third-order valence-electron chi connectivity index (χ3n) is 7.04. The Hall–Kier alpha value is -3.07. The van der Waals surface area contributed by atoms with Gasteiger partial charge in [0.1, 0.15) is 17.6 Å². The Labute approximate surface area is 186 Å². The van der Waals surface area contributed by atoms with E-state index in [1.807, 2.05) is 24.9 Å². The van der Waals surface area contributed by atoms with Crippen molar-refractivity contribution in [1.82, 2.24) is 30.0 Å². The number of piperidine rings is 2. The van der Waals surface area contributed by atoms with Crippen LogP contribution in [-0.2, 0) is 0 Å². The van der Waals surface area contributed by atoms with Crippen LogP contribution in [0, 0.1) is 0 Å². The summed E-state index contributed by atoms with van der Waals surface area (Å²) >= 11 is 0. The van der Waals surface area contributed by atoms with Crippen molar-refractivity contribution in [3.8, 4) is 22.7 Å². The lowest BCUT2D eigenvalue weighted by Gasteiger charge is -2.56. The standard InChI is InChI=1S/C23H28FN7O/c1-22-7-4-8-23(2,29-22)20(24)18(12-22)30(3)21-26-13-17(27-28-21)16-6-5-15(11-19(16)32)31-10-9-25-14-31/h5-6,9-11,13-14,18,20,29,32H,4,7-8,12H2,1-3H3/t18-,20-,22-,23+/m0/s1. The van der Waals surface area contributed by atoms with Gasteiger partial charge in [-0.3, -0.25) is 0 Å². The molecule has 168 valence electrons. The molecular weight excluding hydrogens is 409 g/mol. The van der Waals surface area contributed by atoms with Gasteiger partial charge in [-0.25, -0.2) is 14.4 Å². The average Bonchev–Trinajstić information content (AvgIpc) is 3.31. The van der Waals surface area contributed by atoms with E-state index in [0.717, 1.165) is 24.9 Å². The van der Waals surface area contributed by atoms with Crippen molar-refractivity contribution < 1.29 is 9.50 Å². The van der Waals surface area contributed by atoms with Crippen LogP contribution in [-0.4, -0.2) is 60.2 Å². The van der Waals surface area contributed by atoms with E-state index in [4.69, 9.17) is 0 Å². The van der Waals surface area contributed by atoms with Gasteiger partial charge in [0.25, 0.3) is 0 Å². The number of aromatic nitrogens is 5. The highest BCUT2D eigenvalue weighted by Gasteiger charge is 2.54. The van der Waals surface area contributed by atoms with Gasteiger partial charge in [-0.1, -0.05) is 0 Å². The minimum Gasteiger partial charge on any atom is -0.507 e. The predicted molar refractivity (Wildman–Crippen MR) is 120 cm³/mol. The second-order valence-corrected chi connectivity index (χ2v) is 9.56. The van der Waals surface area contributed by atoms with Gasteiger partial charge in [0, 0.05) is 42.1 Å². The molecule has 2 bridgehead atoms. The van der Waals surface area contributed by atoms with Gasteiger partial charge in [-0.2, -0.15) is 0 Å². The molecule has 0 spiro atoms. The molecule has 8 nitrogen and oxygen atoms in total. The van der Waals surface area contributed by atoms with Gasteiger partial charge in [0.05, 0.1) is 24.3 Å². The first-order valence-corrected chi connectivity index (χ1v) is 11.0. The molecule has 0 amide bonds. The van der Waals surface area contributed by atoms with E-state index >= 15 is 4.39 Å². The van der Waals surface area contributed by atoms with E-state index in [1.54, 1.807) is 41.6 Å². The maximum absolute atomic E-state index is 15.5. The number of benzene rings is 1. The first-order valence-electron chi connectivity index (χ1n) is 11.0. The largest absolute Gasteiger partial charge is 0.507 e. The van der Waals surface area contributed by atoms with E-state index in [0.29, 0.717) is 23.6 Å². The topological polar surface area (TPSA) is 92.0 Å². The fourth-order valence-corrected chi connectivity index (χ4v) is 5.35. The highest BCUT2D eigenvalue weighted by molar-refractivity contribution is 5.68. The number of phenols is 1. The lowest BCUT2D eigenvalue weighted by Crippen LogP contribution is -2.72. The van der Waals surface area contributed by atoms with Gasteiger partial charge in [0.2, 0.25) is 5.95 Å². The lowest BCUT2D eigenvalue weighted by atomic mass is 9.68. The van der Waals surface area contributed by atoms with Crippen molar-refractivity contribution in [2.45, 2.75) is 62.8 Å². The van der Waals surface area contributed by atoms with E-state index < -0.39 is 11.7 Å². The summed E-state index contributed by atoms with van der Waals surface area (Å²) in [5, 5.41) is 22.6. The van der Waals surface area contributed by atoms with Crippen molar-refractivity contribution in [3.63, 3.8) is 0 Å². The van der Waals surface area contributed by atoms with Crippen LogP contribution >= 0.6 is 0 Å². The summed E-state index contributed by atoms with van der Waals surface area (Å²) in [5.74, 6) is 0.451. The molecular formula is C23H28FN7O.